The van der Waals surface area contributed by atoms with Gasteiger partial charge in [-0.05, 0) is 25.0 Å². The van der Waals surface area contributed by atoms with Crippen molar-refractivity contribution in [2.45, 2.75) is 32.8 Å². The Morgan fingerprint density at radius 3 is 2.67 bits per heavy atom. The molecule has 2 nitrogen and oxygen atoms in total. The lowest BCUT2D eigenvalue weighted by molar-refractivity contribution is -0.334. The van der Waals surface area contributed by atoms with Crippen molar-refractivity contribution in [3.05, 3.63) is 12.2 Å². The molecule has 1 radical (unpaired) electrons. The molecule has 0 aliphatic heterocycles. The van der Waals surface area contributed by atoms with Gasteiger partial charge >= 0.3 is 0 Å². The van der Waals surface area contributed by atoms with Gasteiger partial charge in [-0.15, -0.1) is 0 Å². The maximum Gasteiger partial charge on any atom is 0.0994 e. The van der Waals surface area contributed by atoms with E-state index in [0.29, 0.717) is 0 Å². The molecular formula is C7H13O2. The number of allylic oxidation sites excluding steroid dienone is 1. The summed E-state index contributed by atoms with van der Waals surface area (Å²) in [4.78, 5) is 3.90. The zero-order valence-corrected chi connectivity index (χ0v) is 5.96. The Kier molecular flexibility index (Phi) is 5.57. The number of hydrogen-bond donors (Lipinski definition) is 0. The highest BCUT2D eigenvalue weighted by molar-refractivity contribution is 4.79. The first-order valence-electron chi connectivity index (χ1n) is 3.24. The molecule has 2 heteroatoms. The van der Waals surface area contributed by atoms with Crippen LogP contribution in [-0.2, 0) is 10.1 Å². The monoisotopic (exact) mass is 129 g/mol. The molecule has 0 rings (SSSR count). The minimum atomic E-state index is -0.138. The summed E-state index contributed by atoms with van der Waals surface area (Å²) in [5.41, 5.74) is 0. The topological polar surface area (TPSA) is 29.1 Å². The minimum absolute atomic E-state index is 0.138. The van der Waals surface area contributed by atoms with Gasteiger partial charge in [-0.2, -0.15) is 0 Å². The van der Waals surface area contributed by atoms with Gasteiger partial charge in [-0.3, -0.25) is 0 Å². The summed E-state index contributed by atoms with van der Waals surface area (Å²) < 4.78 is 0. The highest BCUT2D eigenvalue weighted by Crippen LogP contribution is 2.01. The van der Waals surface area contributed by atoms with E-state index in [1.165, 1.54) is 0 Å². The van der Waals surface area contributed by atoms with Crippen LogP contribution in [0, 0.1) is 0 Å². The van der Waals surface area contributed by atoms with Crippen molar-refractivity contribution in [1.82, 2.24) is 0 Å². The molecule has 0 aliphatic carbocycles. The van der Waals surface area contributed by atoms with E-state index in [0.717, 1.165) is 12.8 Å². The summed E-state index contributed by atoms with van der Waals surface area (Å²) in [6.07, 6.45) is 5.24. The highest BCUT2D eigenvalue weighted by atomic mass is 17.1. The van der Waals surface area contributed by atoms with E-state index in [1.807, 2.05) is 26.0 Å². The Morgan fingerprint density at radius 2 is 2.33 bits per heavy atom. The second kappa shape index (κ2) is 5.79. The second-order valence-electron chi connectivity index (χ2n) is 1.93. The quantitative estimate of drug-likeness (QED) is 0.324. The van der Waals surface area contributed by atoms with E-state index in [4.69, 9.17) is 0 Å². The fourth-order valence-corrected chi connectivity index (χ4v) is 0.562. The summed E-state index contributed by atoms with van der Waals surface area (Å²) >= 11 is 0. The largest absolute Gasteiger partial charge is 0.200 e. The predicted octanol–water partition coefficient (Wildman–Crippen LogP) is 2.09. The average molecular weight is 129 g/mol. The first-order chi connectivity index (χ1) is 4.35. The van der Waals surface area contributed by atoms with Crippen molar-refractivity contribution in [1.29, 1.82) is 0 Å². The van der Waals surface area contributed by atoms with Crippen LogP contribution in [0.3, 0.4) is 0 Å². The molecular weight excluding hydrogens is 116 g/mol. The van der Waals surface area contributed by atoms with E-state index in [2.05, 4.69) is 4.89 Å². The van der Waals surface area contributed by atoms with Gasteiger partial charge in [0.1, 0.15) is 0 Å². The molecule has 0 bridgehead atoms. The summed E-state index contributed by atoms with van der Waals surface area (Å²) in [5, 5.41) is 9.83. The van der Waals surface area contributed by atoms with Gasteiger partial charge in [0.05, 0.1) is 6.10 Å². The standard InChI is InChI=1S/C7H13O2/c1-3-5-6-7(4-2)9-8/h3,5,7H,4,6H2,1-2H3/b5-3-. The van der Waals surface area contributed by atoms with Crippen LogP contribution in [0.4, 0.5) is 0 Å². The molecule has 0 spiro atoms. The molecule has 0 heterocycles. The predicted molar refractivity (Wildman–Crippen MR) is 35.3 cm³/mol. The van der Waals surface area contributed by atoms with Crippen molar-refractivity contribution in [3.8, 4) is 0 Å². The summed E-state index contributed by atoms with van der Waals surface area (Å²) in [6, 6.07) is 0. The molecule has 0 aromatic heterocycles. The van der Waals surface area contributed by atoms with Crippen LogP contribution in [0.1, 0.15) is 26.7 Å². The normalized spacial score (nSPS) is 14.6. The highest BCUT2D eigenvalue weighted by Gasteiger charge is 2.01. The van der Waals surface area contributed by atoms with Gasteiger partial charge in [-0.1, -0.05) is 19.1 Å². The van der Waals surface area contributed by atoms with Crippen molar-refractivity contribution < 1.29 is 10.1 Å². The average Bonchev–Trinajstić information content (AvgIpc) is 1.91. The van der Waals surface area contributed by atoms with E-state index in [-0.39, 0.29) is 6.10 Å². The first-order valence-corrected chi connectivity index (χ1v) is 3.24. The Labute approximate surface area is 56.1 Å². The third kappa shape index (κ3) is 4.18. The molecule has 0 aromatic carbocycles. The zero-order chi connectivity index (χ0) is 7.11. The molecule has 1 unspecified atom stereocenters. The molecule has 0 saturated heterocycles. The molecule has 0 N–H and O–H groups in total. The summed E-state index contributed by atoms with van der Waals surface area (Å²) in [5.74, 6) is 0. The van der Waals surface area contributed by atoms with Crippen molar-refractivity contribution >= 4 is 0 Å². The maximum atomic E-state index is 9.83. The number of hydrogen-bond acceptors (Lipinski definition) is 1. The van der Waals surface area contributed by atoms with Gasteiger partial charge in [-0.25, -0.2) is 4.89 Å². The van der Waals surface area contributed by atoms with Crippen LogP contribution < -0.4 is 0 Å². The SMILES string of the molecule is C/C=C\CC(CC)O[O]. The Hall–Kier alpha value is -0.340. The van der Waals surface area contributed by atoms with Gasteiger partial charge in [0.25, 0.3) is 0 Å². The molecule has 0 amide bonds. The van der Waals surface area contributed by atoms with Crippen LogP contribution in [0.15, 0.2) is 12.2 Å². The minimum Gasteiger partial charge on any atom is -0.200 e. The van der Waals surface area contributed by atoms with Gasteiger partial charge in [0, 0.05) is 0 Å². The van der Waals surface area contributed by atoms with E-state index >= 15 is 0 Å². The Morgan fingerprint density at radius 1 is 1.67 bits per heavy atom. The van der Waals surface area contributed by atoms with Crippen molar-refractivity contribution in [2.75, 3.05) is 0 Å². The molecule has 0 aliphatic rings. The second-order valence-corrected chi connectivity index (χ2v) is 1.93. The van der Waals surface area contributed by atoms with Gasteiger partial charge in [0.2, 0.25) is 0 Å². The lowest BCUT2D eigenvalue weighted by Crippen LogP contribution is -2.05. The van der Waals surface area contributed by atoms with Crippen LogP contribution >= 0.6 is 0 Å². The third-order valence-corrected chi connectivity index (χ3v) is 1.23. The number of rotatable bonds is 4. The van der Waals surface area contributed by atoms with Crippen LogP contribution in [0.25, 0.3) is 0 Å². The molecule has 9 heavy (non-hydrogen) atoms. The Balaban J connectivity index is 3.31. The Bertz CT molecular complexity index is 75.0. The summed E-state index contributed by atoms with van der Waals surface area (Å²) in [6.45, 7) is 3.86. The summed E-state index contributed by atoms with van der Waals surface area (Å²) in [7, 11) is 0. The van der Waals surface area contributed by atoms with Crippen LogP contribution in [0.2, 0.25) is 0 Å². The lowest BCUT2D eigenvalue weighted by atomic mass is 10.2. The molecule has 53 valence electrons. The maximum absolute atomic E-state index is 9.83. The van der Waals surface area contributed by atoms with Crippen molar-refractivity contribution in [3.63, 3.8) is 0 Å². The van der Waals surface area contributed by atoms with E-state index in [1.54, 1.807) is 0 Å². The van der Waals surface area contributed by atoms with Gasteiger partial charge in [0.15, 0.2) is 0 Å². The van der Waals surface area contributed by atoms with E-state index in [9.17, 15) is 5.26 Å². The van der Waals surface area contributed by atoms with Crippen molar-refractivity contribution in [2.24, 2.45) is 0 Å². The fraction of sp³-hybridized carbons (Fsp3) is 0.714. The smallest absolute Gasteiger partial charge is 0.0994 e. The molecule has 1 atom stereocenters. The molecule has 0 saturated carbocycles. The lowest BCUT2D eigenvalue weighted by Gasteiger charge is -2.03. The zero-order valence-electron chi connectivity index (χ0n) is 5.96. The first kappa shape index (κ1) is 8.66. The van der Waals surface area contributed by atoms with Crippen LogP contribution in [-0.4, -0.2) is 6.10 Å². The van der Waals surface area contributed by atoms with Gasteiger partial charge < -0.3 is 0 Å². The molecule has 0 aromatic rings. The van der Waals surface area contributed by atoms with Crippen LogP contribution in [0.5, 0.6) is 0 Å². The van der Waals surface area contributed by atoms with E-state index < -0.39 is 0 Å². The molecule has 0 fully saturated rings. The fourth-order valence-electron chi connectivity index (χ4n) is 0.562. The third-order valence-electron chi connectivity index (χ3n) is 1.23.